The lowest BCUT2D eigenvalue weighted by molar-refractivity contribution is 0.417. The van der Waals surface area contributed by atoms with Crippen LogP contribution in [-0.2, 0) is 5.41 Å². The number of ether oxygens (including phenoxy) is 1. The predicted octanol–water partition coefficient (Wildman–Crippen LogP) is 2.81. The van der Waals surface area contributed by atoms with Crippen LogP contribution in [0.25, 0.3) is 0 Å². The molecule has 1 spiro atoms. The molecule has 0 amide bonds. The number of methoxy groups -OCH3 is 1. The van der Waals surface area contributed by atoms with Crippen molar-refractivity contribution >= 4 is 17.3 Å². The van der Waals surface area contributed by atoms with Gasteiger partial charge in [0.15, 0.2) is 5.75 Å². The van der Waals surface area contributed by atoms with Crippen molar-refractivity contribution in [1.29, 1.82) is 0 Å². The van der Waals surface area contributed by atoms with Gasteiger partial charge in [-0.05, 0) is 24.5 Å². The summed E-state index contributed by atoms with van der Waals surface area (Å²) in [7, 11) is 1.67. The lowest BCUT2D eigenvalue weighted by atomic mass is 9.98. The molecule has 0 aromatic heterocycles. The number of halogens is 1. The molecule has 1 heterocycles. The quantitative estimate of drug-likeness (QED) is 0.768. The van der Waals surface area contributed by atoms with Crippen LogP contribution in [0.3, 0.4) is 0 Å². The standard InChI is InChI=1S/C11H12ClNO/c1-14-10-8(12)3-2-7-9(10)13-6-11(7)4-5-11/h2-3,13H,4-6H2,1H3. The highest BCUT2D eigenvalue weighted by molar-refractivity contribution is 6.32. The van der Waals surface area contributed by atoms with E-state index in [1.807, 2.05) is 6.07 Å². The maximum absolute atomic E-state index is 6.06. The first kappa shape index (κ1) is 8.42. The summed E-state index contributed by atoms with van der Waals surface area (Å²) in [6, 6.07) is 4.07. The molecule has 2 nitrogen and oxygen atoms in total. The molecule has 1 aromatic carbocycles. The summed E-state index contributed by atoms with van der Waals surface area (Å²) in [5, 5.41) is 4.09. The SMILES string of the molecule is COc1c(Cl)ccc2c1NCC21CC1. The van der Waals surface area contributed by atoms with Crippen molar-refractivity contribution in [3.05, 3.63) is 22.7 Å². The van der Waals surface area contributed by atoms with Crippen LogP contribution in [-0.4, -0.2) is 13.7 Å². The summed E-state index contributed by atoms with van der Waals surface area (Å²) in [6.45, 7) is 1.04. The molecule has 74 valence electrons. The van der Waals surface area contributed by atoms with Gasteiger partial charge >= 0.3 is 0 Å². The Balaban J connectivity index is 2.20. The van der Waals surface area contributed by atoms with E-state index in [1.54, 1.807) is 7.11 Å². The smallest absolute Gasteiger partial charge is 0.160 e. The molecular formula is C11H12ClNO. The van der Waals surface area contributed by atoms with E-state index in [4.69, 9.17) is 16.3 Å². The van der Waals surface area contributed by atoms with Gasteiger partial charge in [-0.3, -0.25) is 0 Å². The molecular weight excluding hydrogens is 198 g/mol. The number of rotatable bonds is 1. The van der Waals surface area contributed by atoms with Crippen molar-refractivity contribution in [3.8, 4) is 5.75 Å². The summed E-state index contributed by atoms with van der Waals surface area (Å²) in [6.07, 6.45) is 2.58. The summed E-state index contributed by atoms with van der Waals surface area (Å²) >= 11 is 6.06. The maximum Gasteiger partial charge on any atom is 0.160 e. The Kier molecular flexibility index (Phi) is 1.55. The van der Waals surface area contributed by atoms with Crippen molar-refractivity contribution in [2.45, 2.75) is 18.3 Å². The Bertz CT molecular complexity index is 399. The van der Waals surface area contributed by atoms with E-state index in [0.29, 0.717) is 10.4 Å². The van der Waals surface area contributed by atoms with Gasteiger partial charge in [0, 0.05) is 12.0 Å². The summed E-state index contributed by atoms with van der Waals surface area (Å²) < 4.78 is 5.31. The van der Waals surface area contributed by atoms with Crippen LogP contribution in [0.5, 0.6) is 5.75 Å². The summed E-state index contributed by atoms with van der Waals surface area (Å²) in [5.74, 6) is 0.799. The van der Waals surface area contributed by atoms with E-state index < -0.39 is 0 Å². The summed E-state index contributed by atoms with van der Waals surface area (Å²) in [4.78, 5) is 0. The maximum atomic E-state index is 6.06. The first-order valence-corrected chi connectivity index (χ1v) is 5.25. The molecule has 1 aliphatic carbocycles. The van der Waals surface area contributed by atoms with Crippen molar-refractivity contribution < 1.29 is 4.74 Å². The Morgan fingerprint density at radius 2 is 2.21 bits per heavy atom. The van der Waals surface area contributed by atoms with Gasteiger partial charge in [-0.15, -0.1) is 0 Å². The normalized spacial score (nSPS) is 20.4. The molecule has 0 atom stereocenters. The molecule has 1 aromatic rings. The third-order valence-corrected chi connectivity index (χ3v) is 3.64. The summed E-state index contributed by atoms with van der Waals surface area (Å²) in [5.41, 5.74) is 2.91. The van der Waals surface area contributed by atoms with Crippen LogP contribution in [0.2, 0.25) is 5.02 Å². The van der Waals surface area contributed by atoms with Gasteiger partial charge < -0.3 is 10.1 Å². The van der Waals surface area contributed by atoms with Crippen molar-refractivity contribution in [2.75, 3.05) is 19.0 Å². The van der Waals surface area contributed by atoms with E-state index in [-0.39, 0.29) is 0 Å². The van der Waals surface area contributed by atoms with Crippen LogP contribution in [0.1, 0.15) is 18.4 Å². The minimum absolute atomic E-state index is 0.410. The second-order valence-corrected chi connectivity index (χ2v) is 4.54. The third kappa shape index (κ3) is 0.921. The predicted molar refractivity (Wildman–Crippen MR) is 57.4 cm³/mol. The van der Waals surface area contributed by atoms with Gasteiger partial charge in [0.05, 0.1) is 17.8 Å². The number of fused-ring (bicyclic) bond motifs is 2. The lowest BCUT2D eigenvalue weighted by Gasteiger charge is -2.10. The van der Waals surface area contributed by atoms with Crippen LogP contribution in [0.15, 0.2) is 12.1 Å². The van der Waals surface area contributed by atoms with Crippen molar-refractivity contribution in [3.63, 3.8) is 0 Å². The third-order valence-electron chi connectivity index (χ3n) is 3.34. The van der Waals surface area contributed by atoms with E-state index in [2.05, 4.69) is 11.4 Å². The molecule has 0 saturated heterocycles. The Hall–Kier alpha value is -0.890. The van der Waals surface area contributed by atoms with Gasteiger partial charge in [-0.2, -0.15) is 0 Å². The molecule has 0 unspecified atom stereocenters. The number of nitrogens with one attached hydrogen (secondary N) is 1. The van der Waals surface area contributed by atoms with Crippen LogP contribution in [0.4, 0.5) is 5.69 Å². The molecule has 1 fully saturated rings. The highest BCUT2D eigenvalue weighted by Crippen LogP contribution is 2.57. The van der Waals surface area contributed by atoms with Crippen molar-refractivity contribution in [1.82, 2.24) is 0 Å². The van der Waals surface area contributed by atoms with E-state index >= 15 is 0 Å². The fraction of sp³-hybridized carbons (Fsp3) is 0.455. The van der Waals surface area contributed by atoms with E-state index in [0.717, 1.165) is 18.0 Å². The Labute approximate surface area is 88.2 Å². The fourth-order valence-electron chi connectivity index (χ4n) is 2.32. The van der Waals surface area contributed by atoms with Gasteiger partial charge in [0.25, 0.3) is 0 Å². The first-order chi connectivity index (χ1) is 6.77. The lowest BCUT2D eigenvalue weighted by Crippen LogP contribution is -2.07. The minimum atomic E-state index is 0.410. The zero-order valence-electron chi connectivity index (χ0n) is 8.06. The number of anilines is 1. The highest BCUT2D eigenvalue weighted by atomic mass is 35.5. The average molecular weight is 210 g/mol. The van der Waals surface area contributed by atoms with Gasteiger partial charge in [-0.25, -0.2) is 0 Å². The van der Waals surface area contributed by atoms with Gasteiger partial charge in [0.2, 0.25) is 0 Å². The number of hydrogen-bond acceptors (Lipinski definition) is 2. The molecule has 1 aliphatic heterocycles. The molecule has 3 heteroatoms. The van der Waals surface area contributed by atoms with Crippen LogP contribution < -0.4 is 10.1 Å². The molecule has 0 bridgehead atoms. The molecule has 14 heavy (non-hydrogen) atoms. The molecule has 0 radical (unpaired) electrons. The number of hydrogen-bond donors (Lipinski definition) is 1. The molecule has 2 aliphatic rings. The second-order valence-electron chi connectivity index (χ2n) is 4.14. The molecule has 1 saturated carbocycles. The monoisotopic (exact) mass is 209 g/mol. The minimum Gasteiger partial charge on any atom is -0.493 e. The highest BCUT2D eigenvalue weighted by Gasteiger charge is 2.49. The van der Waals surface area contributed by atoms with Gasteiger partial charge in [-0.1, -0.05) is 17.7 Å². The molecule has 3 rings (SSSR count). The van der Waals surface area contributed by atoms with E-state index in [9.17, 15) is 0 Å². The Morgan fingerprint density at radius 3 is 2.86 bits per heavy atom. The first-order valence-electron chi connectivity index (χ1n) is 4.88. The van der Waals surface area contributed by atoms with Crippen LogP contribution >= 0.6 is 11.6 Å². The van der Waals surface area contributed by atoms with Crippen molar-refractivity contribution in [2.24, 2.45) is 0 Å². The van der Waals surface area contributed by atoms with Crippen LogP contribution in [0, 0.1) is 0 Å². The zero-order chi connectivity index (χ0) is 9.76. The molecule has 1 N–H and O–H groups in total. The second kappa shape index (κ2) is 2.57. The van der Waals surface area contributed by atoms with Gasteiger partial charge in [0.1, 0.15) is 0 Å². The largest absolute Gasteiger partial charge is 0.493 e. The zero-order valence-corrected chi connectivity index (χ0v) is 8.82. The Morgan fingerprint density at radius 1 is 1.43 bits per heavy atom. The average Bonchev–Trinajstić information content (AvgIpc) is 2.86. The fourth-order valence-corrected chi connectivity index (χ4v) is 2.56. The topological polar surface area (TPSA) is 21.3 Å². The van der Waals surface area contributed by atoms with E-state index in [1.165, 1.54) is 18.4 Å². The number of benzene rings is 1.